The first-order valence-corrected chi connectivity index (χ1v) is 9.12. The first-order valence-electron chi connectivity index (χ1n) is 9.12. The predicted molar refractivity (Wildman–Crippen MR) is 94.9 cm³/mol. The van der Waals surface area contributed by atoms with E-state index in [4.69, 9.17) is 5.73 Å². The van der Waals surface area contributed by atoms with Gasteiger partial charge in [-0.25, -0.2) is 4.98 Å². The molecule has 0 radical (unpaired) electrons. The fourth-order valence-electron chi connectivity index (χ4n) is 4.45. The number of carbonyl (C=O) groups is 1. The van der Waals surface area contributed by atoms with E-state index in [-0.39, 0.29) is 5.91 Å². The lowest BCUT2D eigenvalue weighted by Crippen LogP contribution is -2.10. The largest absolute Gasteiger partial charge is 0.370 e. The Morgan fingerprint density at radius 3 is 3.08 bits per heavy atom. The number of nitrogens with zero attached hydrogens (tertiary/aromatic N) is 4. The standard InChI is InChI=1S/C18H24N6O/c1-2-12-8-11(4-3-5-15(19)25)9-13(12)18-23-22-16-10-21-17-14(24(16)18)6-7-20-17/h6-7,10-13,20H,2-5,8-9H2,1H3,(H2,19,25). The monoisotopic (exact) mass is 340 g/mol. The molecule has 1 saturated carbocycles. The maximum absolute atomic E-state index is 11.0. The van der Waals surface area contributed by atoms with Crippen molar-refractivity contribution in [2.45, 2.75) is 51.4 Å². The molecule has 1 amide bonds. The molecule has 1 aliphatic rings. The maximum Gasteiger partial charge on any atom is 0.217 e. The highest BCUT2D eigenvalue weighted by atomic mass is 16.1. The van der Waals surface area contributed by atoms with Gasteiger partial charge in [0.1, 0.15) is 5.82 Å². The van der Waals surface area contributed by atoms with Crippen LogP contribution in [0.3, 0.4) is 0 Å². The Morgan fingerprint density at radius 1 is 1.40 bits per heavy atom. The van der Waals surface area contributed by atoms with Crippen LogP contribution in [0, 0.1) is 11.8 Å². The van der Waals surface area contributed by atoms with Crippen molar-refractivity contribution < 1.29 is 4.79 Å². The zero-order valence-corrected chi connectivity index (χ0v) is 14.5. The highest BCUT2D eigenvalue weighted by molar-refractivity contribution is 5.74. The lowest BCUT2D eigenvalue weighted by molar-refractivity contribution is -0.118. The van der Waals surface area contributed by atoms with Gasteiger partial charge in [-0.2, -0.15) is 0 Å². The van der Waals surface area contributed by atoms with E-state index in [2.05, 4.69) is 31.5 Å². The molecule has 0 spiro atoms. The summed E-state index contributed by atoms with van der Waals surface area (Å²) >= 11 is 0. The van der Waals surface area contributed by atoms with Crippen molar-refractivity contribution in [3.63, 3.8) is 0 Å². The summed E-state index contributed by atoms with van der Waals surface area (Å²) in [6.07, 6.45) is 9.54. The Morgan fingerprint density at radius 2 is 2.28 bits per heavy atom. The lowest BCUT2D eigenvalue weighted by Gasteiger charge is -2.16. The van der Waals surface area contributed by atoms with E-state index in [1.165, 1.54) is 6.42 Å². The number of hydrogen-bond donors (Lipinski definition) is 2. The highest BCUT2D eigenvalue weighted by Crippen LogP contribution is 2.46. The van der Waals surface area contributed by atoms with Crippen LogP contribution in [0.4, 0.5) is 0 Å². The lowest BCUT2D eigenvalue weighted by atomic mass is 9.93. The molecule has 4 rings (SSSR count). The minimum Gasteiger partial charge on any atom is -0.370 e. The summed E-state index contributed by atoms with van der Waals surface area (Å²) in [5.74, 6) is 2.48. The van der Waals surface area contributed by atoms with Crippen LogP contribution in [0.1, 0.15) is 57.2 Å². The molecular weight excluding hydrogens is 316 g/mol. The molecular formula is C18H24N6O. The summed E-state index contributed by atoms with van der Waals surface area (Å²) < 4.78 is 2.15. The van der Waals surface area contributed by atoms with E-state index in [9.17, 15) is 4.79 Å². The average molecular weight is 340 g/mol. The van der Waals surface area contributed by atoms with E-state index in [1.54, 1.807) is 6.20 Å². The number of rotatable bonds is 6. The molecule has 7 nitrogen and oxygen atoms in total. The minimum absolute atomic E-state index is 0.201. The van der Waals surface area contributed by atoms with E-state index in [1.807, 2.05) is 12.3 Å². The molecule has 0 aromatic carbocycles. The number of nitrogens with one attached hydrogen (secondary N) is 1. The Kier molecular flexibility index (Phi) is 4.15. The molecule has 3 atom stereocenters. The van der Waals surface area contributed by atoms with Gasteiger partial charge in [0.2, 0.25) is 5.91 Å². The molecule has 1 aliphatic carbocycles. The van der Waals surface area contributed by atoms with Crippen LogP contribution in [-0.4, -0.2) is 30.5 Å². The molecule has 25 heavy (non-hydrogen) atoms. The van der Waals surface area contributed by atoms with Crippen molar-refractivity contribution in [3.05, 3.63) is 24.3 Å². The molecule has 7 heteroatoms. The van der Waals surface area contributed by atoms with Crippen LogP contribution in [-0.2, 0) is 4.79 Å². The van der Waals surface area contributed by atoms with Crippen LogP contribution in [0.2, 0.25) is 0 Å². The van der Waals surface area contributed by atoms with Crippen LogP contribution < -0.4 is 5.73 Å². The summed E-state index contributed by atoms with van der Waals surface area (Å²) in [5, 5.41) is 8.88. The molecule has 0 aliphatic heterocycles. The fraction of sp³-hybridized carbons (Fsp3) is 0.556. The smallest absolute Gasteiger partial charge is 0.217 e. The average Bonchev–Trinajstić information content (AvgIpc) is 3.30. The normalized spacial score (nSPS) is 23.6. The van der Waals surface area contributed by atoms with E-state index < -0.39 is 0 Å². The van der Waals surface area contributed by atoms with Gasteiger partial charge in [0.15, 0.2) is 11.3 Å². The zero-order valence-electron chi connectivity index (χ0n) is 14.5. The van der Waals surface area contributed by atoms with E-state index in [0.717, 1.165) is 48.3 Å². The zero-order chi connectivity index (χ0) is 17.4. The number of hydrogen-bond acceptors (Lipinski definition) is 4. The van der Waals surface area contributed by atoms with Crippen molar-refractivity contribution in [1.29, 1.82) is 0 Å². The van der Waals surface area contributed by atoms with E-state index in [0.29, 0.717) is 24.2 Å². The second kappa shape index (κ2) is 6.46. The van der Waals surface area contributed by atoms with Gasteiger partial charge in [0.25, 0.3) is 0 Å². The summed E-state index contributed by atoms with van der Waals surface area (Å²) in [6, 6.07) is 2.03. The van der Waals surface area contributed by atoms with Crippen LogP contribution in [0.5, 0.6) is 0 Å². The van der Waals surface area contributed by atoms with Crippen molar-refractivity contribution in [2.75, 3.05) is 0 Å². The SMILES string of the molecule is CCC1CC(CCCC(N)=O)CC1c1nnc2cnc3[nH]ccc3n12. The Bertz CT molecular complexity index is 897. The van der Waals surface area contributed by atoms with Crippen LogP contribution in [0.15, 0.2) is 18.5 Å². The van der Waals surface area contributed by atoms with Crippen molar-refractivity contribution in [1.82, 2.24) is 24.6 Å². The number of fused-ring (bicyclic) bond motifs is 3. The molecule has 132 valence electrons. The minimum atomic E-state index is -0.201. The van der Waals surface area contributed by atoms with Gasteiger partial charge in [-0.1, -0.05) is 13.3 Å². The number of aromatic nitrogens is 5. The van der Waals surface area contributed by atoms with Gasteiger partial charge in [0, 0.05) is 18.5 Å². The van der Waals surface area contributed by atoms with Gasteiger partial charge >= 0.3 is 0 Å². The second-order valence-electron chi connectivity index (χ2n) is 7.19. The summed E-state index contributed by atoms with van der Waals surface area (Å²) in [6.45, 7) is 2.25. The molecule has 3 heterocycles. The number of H-pyrrole nitrogens is 1. The third-order valence-corrected chi connectivity index (χ3v) is 5.65. The van der Waals surface area contributed by atoms with Crippen LogP contribution in [0.25, 0.3) is 16.8 Å². The Hall–Kier alpha value is -2.44. The van der Waals surface area contributed by atoms with Crippen LogP contribution >= 0.6 is 0 Å². The summed E-state index contributed by atoms with van der Waals surface area (Å²) in [5.41, 5.74) is 7.96. The molecule has 3 N–H and O–H groups in total. The predicted octanol–water partition coefficient (Wildman–Crippen LogP) is 2.78. The van der Waals surface area contributed by atoms with Crippen molar-refractivity contribution in [2.24, 2.45) is 17.6 Å². The van der Waals surface area contributed by atoms with Crippen molar-refractivity contribution >= 4 is 22.7 Å². The first-order chi connectivity index (χ1) is 12.2. The number of aromatic amines is 1. The van der Waals surface area contributed by atoms with Gasteiger partial charge < -0.3 is 10.7 Å². The molecule has 3 aromatic heterocycles. The summed E-state index contributed by atoms with van der Waals surface area (Å²) in [7, 11) is 0. The van der Waals surface area contributed by atoms with Gasteiger partial charge in [-0.05, 0) is 43.6 Å². The number of amides is 1. The third-order valence-electron chi connectivity index (χ3n) is 5.65. The maximum atomic E-state index is 11.0. The summed E-state index contributed by atoms with van der Waals surface area (Å²) in [4.78, 5) is 18.5. The fourth-order valence-corrected chi connectivity index (χ4v) is 4.45. The topological polar surface area (TPSA) is 102 Å². The molecule has 3 unspecified atom stereocenters. The van der Waals surface area contributed by atoms with Crippen molar-refractivity contribution in [3.8, 4) is 0 Å². The van der Waals surface area contributed by atoms with Gasteiger partial charge in [-0.15, -0.1) is 10.2 Å². The van der Waals surface area contributed by atoms with E-state index >= 15 is 0 Å². The third kappa shape index (κ3) is 2.88. The number of carbonyl (C=O) groups excluding carboxylic acids is 1. The quantitative estimate of drug-likeness (QED) is 0.720. The Balaban J connectivity index is 1.63. The Labute approximate surface area is 146 Å². The molecule has 3 aromatic rings. The number of nitrogens with two attached hydrogens (primary N) is 1. The highest BCUT2D eigenvalue weighted by Gasteiger charge is 2.36. The van der Waals surface area contributed by atoms with Gasteiger partial charge in [-0.3, -0.25) is 9.20 Å². The molecule has 0 saturated heterocycles. The molecule has 1 fully saturated rings. The second-order valence-corrected chi connectivity index (χ2v) is 7.19. The molecule has 0 bridgehead atoms. The first kappa shape index (κ1) is 16.1. The number of primary amides is 1. The van der Waals surface area contributed by atoms with Gasteiger partial charge in [0.05, 0.1) is 11.7 Å².